The van der Waals surface area contributed by atoms with E-state index < -0.39 is 0 Å². The average molecular weight is 300 g/mol. The Morgan fingerprint density at radius 3 is 2.67 bits per heavy atom. The zero-order chi connectivity index (χ0) is 4.24. The molecule has 0 N–H and O–H groups in total. The summed E-state index contributed by atoms with van der Waals surface area (Å²) in [6.07, 6.45) is 1.42. The molecule has 0 aromatic rings. The molecule has 1 aliphatic rings. The van der Waals surface area contributed by atoms with Gasteiger partial charge < -0.3 is 0 Å². The topological polar surface area (TPSA) is 9.23 Å². The van der Waals surface area contributed by atoms with Crippen molar-refractivity contribution in [1.82, 2.24) is 0 Å². The number of rotatable bonds is 0. The van der Waals surface area contributed by atoms with Gasteiger partial charge in [0.2, 0.25) is 0 Å². The summed E-state index contributed by atoms with van der Waals surface area (Å²) in [5, 5.41) is 0. The Morgan fingerprint density at radius 1 is 1.50 bits per heavy atom. The maximum atomic E-state index is 5.37. The van der Waals surface area contributed by atoms with Gasteiger partial charge in [0.15, 0.2) is 0 Å². The van der Waals surface area contributed by atoms with Crippen molar-refractivity contribution in [3.8, 4) is 0 Å². The summed E-state index contributed by atoms with van der Waals surface area (Å²) >= 11 is -0.301. The van der Waals surface area contributed by atoms with Crippen LogP contribution in [0, 0.1) is 0 Å². The van der Waals surface area contributed by atoms with Crippen molar-refractivity contribution in [2.24, 2.45) is 0 Å². The fourth-order valence-corrected chi connectivity index (χ4v) is 23.1. The third-order valence-corrected chi connectivity index (χ3v) is 27.0. The van der Waals surface area contributed by atoms with Gasteiger partial charge in [-0.05, 0) is 0 Å². The Morgan fingerprint density at radius 2 is 2.50 bits per heavy atom. The second-order valence-electron chi connectivity index (χ2n) is 1.67. The van der Waals surface area contributed by atoms with Crippen molar-refractivity contribution in [3.05, 3.63) is 0 Å². The minimum atomic E-state index is -0.289. The van der Waals surface area contributed by atoms with E-state index in [4.69, 9.17) is 3.07 Å². The van der Waals surface area contributed by atoms with Gasteiger partial charge in [-0.1, -0.05) is 0 Å². The predicted octanol–water partition coefficient (Wildman–Crippen LogP) is -1.01. The van der Waals surface area contributed by atoms with Crippen LogP contribution >= 0.6 is 0 Å². The molecule has 3 heteroatoms. The summed E-state index contributed by atoms with van der Waals surface area (Å²) in [6.45, 7) is 1.15. The summed E-state index contributed by atoms with van der Waals surface area (Å²) in [7, 11) is 0. The van der Waals surface area contributed by atoms with Crippen LogP contribution in [-0.2, 0) is 3.07 Å². The second-order valence-corrected chi connectivity index (χ2v) is 29.4. The summed E-state index contributed by atoms with van der Waals surface area (Å²) < 4.78 is 7.05. The van der Waals surface area contributed by atoms with E-state index in [9.17, 15) is 0 Å². The molecule has 36 valence electrons. The van der Waals surface area contributed by atoms with Crippen LogP contribution in [0.1, 0.15) is 6.42 Å². The van der Waals surface area contributed by atoms with Crippen LogP contribution in [0.5, 0.6) is 0 Å². The Bertz CT molecular complexity index is 24.3. The molecule has 0 radical (unpaired) electrons. The third kappa shape index (κ3) is 2.02. The standard InChI is InChI=1S/C3H6O.2Sn.4H/c1-2-3-4;;;;;;/h1-3H2;;;;;;/q-1;;+1;;;;. The second kappa shape index (κ2) is 3.55. The molecule has 0 bridgehead atoms. The van der Waals surface area contributed by atoms with E-state index in [2.05, 4.69) is 0 Å². The van der Waals surface area contributed by atoms with E-state index in [-0.39, 0.29) is 34.8 Å². The molecule has 0 spiro atoms. The van der Waals surface area contributed by atoms with Crippen LogP contribution in [0.3, 0.4) is 0 Å². The molecule has 0 amide bonds. The van der Waals surface area contributed by atoms with E-state index in [1.54, 1.807) is 4.44 Å². The monoisotopic (exact) mass is 302 g/mol. The Kier molecular flexibility index (Phi) is 3.36. The van der Waals surface area contributed by atoms with E-state index >= 15 is 0 Å². The van der Waals surface area contributed by atoms with Crippen LogP contribution in [0.4, 0.5) is 0 Å². The molecule has 1 aliphatic heterocycles. The Labute approximate surface area is 54.9 Å². The van der Waals surface area contributed by atoms with Crippen molar-refractivity contribution in [3.63, 3.8) is 0 Å². The molecule has 0 aliphatic carbocycles. The minimum absolute atomic E-state index is 0.0114. The summed E-state index contributed by atoms with van der Waals surface area (Å²) in [5.41, 5.74) is 0. The molecule has 1 heterocycles. The molecule has 0 unspecified atom stereocenters. The average Bonchev–Trinajstić information content (AvgIpc) is 1.72. The van der Waals surface area contributed by atoms with Crippen molar-refractivity contribution >= 4 is 34.8 Å². The molecule has 0 atom stereocenters. The molecule has 1 saturated heterocycles. The van der Waals surface area contributed by atoms with Crippen molar-refractivity contribution < 1.29 is 3.07 Å². The predicted molar refractivity (Wildman–Crippen MR) is 32.5 cm³/mol. The van der Waals surface area contributed by atoms with Gasteiger partial charge in [0, 0.05) is 0 Å². The van der Waals surface area contributed by atoms with Crippen LogP contribution in [-0.4, -0.2) is 41.4 Å². The van der Waals surface area contributed by atoms with Crippen LogP contribution in [0.25, 0.3) is 0 Å². The SMILES string of the molecule is C1C[O][SnH2][SnH2][CH2]1. The fourth-order valence-electron chi connectivity index (χ4n) is 0.687. The quantitative estimate of drug-likeness (QED) is 0.521. The maximum absolute atomic E-state index is 5.37. The van der Waals surface area contributed by atoms with E-state index in [0.717, 1.165) is 6.61 Å². The van der Waals surface area contributed by atoms with Gasteiger partial charge >= 0.3 is 55.3 Å². The van der Waals surface area contributed by atoms with Gasteiger partial charge in [0.1, 0.15) is 0 Å². The third-order valence-electron chi connectivity index (χ3n) is 1.08. The summed E-state index contributed by atoms with van der Waals surface area (Å²) in [5.74, 6) is 0. The molecule has 0 aromatic carbocycles. The van der Waals surface area contributed by atoms with Gasteiger partial charge in [0.25, 0.3) is 0 Å². The van der Waals surface area contributed by atoms with Gasteiger partial charge in [0.05, 0.1) is 0 Å². The van der Waals surface area contributed by atoms with Gasteiger partial charge in [-0.15, -0.1) is 0 Å². The first-order valence-electron chi connectivity index (χ1n) is 2.58. The van der Waals surface area contributed by atoms with Gasteiger partial charge in [-0.25, -0.2) is 0 Å². The normalized spacial score (nSPS) is 32.0. The Balaban J connectivity index is 2.00. The first-order chi connectivity index (χ1) is 3.00. The van der Waals surface area contributed by atoms with Crippen LogP contribution < -0.4 is 0 Å². The van der Waals surface area contributed by atoms with Crippen LogP contribution in [0.15, 0.2) is 0 Å². The molecule has 0 saturated carbocycles. The molecule has 1 nitrogen and oxygen atoms in total. The first-order valence-corrected chi connectivity index (χ1v) is 29.1. The molecule has 1 rings (SSSR count). The molecular weight excluding hydrogens is 289 g/mol. The van der Waals surface area contributed by atoms with E-state index in [1.165, 1.54) is 6.42 Å². The summed E-state index contributed by atoms with van der Waals surface area (Å²) in [6, 6.07) is 0. The van der Waals surface area contributed by atoms with Gasteiger partial charge in [-0.3, -0.25) is 0 Å². The van der Waals surface area contributed by atoms with Gasteiger partial charge in [-0.2, -0.15) is 0 Å². The fraction of sp³-hybridized carbons (Fsp3) is 1.00. The van der Waals surface area contributed by atoms with E-state index in [1.807, 2.05) is 0 Å². The van der Waals surface area contributed by atoms with E-state index in [0.29, 0.717) is 0 Å². The van der Waals surface area contributed by atoms with Crippen molar-refractivity contribution in [2.45, 2.75) is 10.9 Å². The Hall–Kier alpha value is 1.56. The summed E-state index contributed by atoms with van der Waals surface area (Å²) in [4.78, 5) is 0. The van der Waals surface area contributed by atoms with Crippen molar-refractivity contribution in [2.75, 3.05) is 6.61 Å². The first kappa shape index (κ1) is 5.69. The zero-order valence-electron chi connectivity index (χ0n) is 3.94. The molecule has 0 aromatic heterocycles. The molecular formula is C3H10OSn2. The zero-order valence-corrected chi connectivity index (χ0v) is 12.0. The molecule has 1 fully saturated rings. The number of hydrogen-bond donors (Lipinski definition) is 0. The number of hydrogen-bond acceptors (Lipinski definition) is 1. The van der Waals surface area contributed by atoms with Crippen LogP contribution in [0.2, 0.25) is 4.44 Å². The van der Waals surface area contributed by atoms with Crippen molar-refractivity contribution in [1.29, 1.82) is 0 Å². The molecule has 6 heavy (non-hydrogen) atoms.